The van der Waals surface area contributed by atoms with Gasteiger partial charge in [0.2, 0.25) is 0 Å². The normalized spacial score (nSPS) is 26.0. The lowest BCUT2D eigenvalue weighted by molar-refractivity contribution is -0.151. The molecule has 2 N–H and O–H groups in total. The first-order chi connectivity index (χ1) is 11.3. The van der Waals surface area contributed by atoms with Gasteiger partial charge < -0.3 is 19.9 Å². The van der Waals surface area contributed by atoms with E-state index in [0.29, 0.717) is 13.2 Å². The SMILES string of the molecule is CCc1cccc2c1N[C@H](c1cccc(O)c1)[C@@H]1OCCO[C@H]21. The van der Waals surface area contributed by atoms with Gasteiger partial charge in [-0.15, -0.1) is 0 Å². The predicted octanol–water partition coefficient (Wildman–Crippen LogP) is 3.58. The molecule has 4 rings (SSSR count). The molecule has 2 aromatic rings. The topological polar surface area (TPSA) is 50.7 Å². The van der Waals surface area contributed by atoms with Crippen molar-refractivity contribution in [1.29, 1.82) is 0 Å². The van der Waals surface area contributed by atoms with E-state index in [4.69, 9.17) is 9.47 Å². The fourth-order valence-corrected chi connectivity index (χ4v) is 3.64. The molecule has 4 nitrogen and oxygen atoms in total. The van der Waals surface area contributed by atoms with Crippen molar-refractivity contribution in [1.82, 2.24) is 0 Å². The number of hydrogen-bond acceptors (Lipinski definition) is 4. The third-order valence-electron chi connectivity index (χ3n) is 4.72. The van der Waals surface area contributed by atoms with E-state index in [9.17, 15) is 5.11 Å². The molecule has 0 unspecified atom stereocenters. The number of nitrogens with one attached hydrogen (secondary N) is 1. The van der Waals surface area contributed by atoms with Crippen LogP contribution in [0, 0.1) is 0 Å². The third kappa shape index (κ3) is 2.48. The molecule has 2 aliphatic rings. The van der Waals surface area contributed by atoms with Crippen molar-refractivity contribution in [2.75, 3.05) is 18.5 Å². The summed E-state index contributed by atoms with van der Waals surface area (Å²) in [6, 6.07) is 13.7. The number of aromatic hydroxyl groups is 1. The summed E-state index contributed by atoms with van der Waals surface area (Å²) >= 11 is 0. The number of anilines is 1. The van der Waals surface area contributed by atoms with Crippen LogP contribution in [0.25, 0.3) is 0 Å². The Morgan fingerprint density at radius 1 is 1.13 bits per heavy atom. The fraction of sp³-hybridized carbons (Fsp3) is 0.368. The Hall–Kier alpha value is -2.04. The number of phenolic OH excluding ortho intramolecular Hbond substituents is 1. The molecule has 4 heteroatoms. The van der Waals surface area contributed by atoms with E-state index in [-0.39, 0.29) is 24.0 Å². The van der Waals surface area contributed by atoms with Crippen LogP contribution >= 0.6 is 0 Å². The molecule has 0 aromatic heterocycles. The fourth-order valence-electron chi connectivity index (χ4n) is 3.64. The molecule has 0 aliphatic carbocycles. The van der Waals surface area contributed by atoms with Gasteiger partial charge in [0, 0.05) is 11.3 Å². The number of hydrogen-bond donors (Lipinski definition) is 2. The molecular formula is C19H21NO3. The zero-order valence-electron chi connectivity index (χ0n) is 13.2. The van der Waals surface area contributed by atoms with Crippen LogP contribution in [0.5, 0.6) is 5.75 Å². The molecule has 1 saturated heterocycles. The number of phenols is 1. The highest BCUT2D eigenvalue weighted by molar-refractivity contribution is 5.63. The first-order valence-electron chi connectivity index (χ1n) is 8.18. The minimum Gasteiger partial charge on any atom is -0.508 e. The van der Waals surface area contributed by atoms with Crippen molar-refractivity contribution in [2.24, 2.45) is 0 Å². The Morgan fingerprint density at radius 3 is 2.78 bits per heavy atom. The molecule has 0 saturated carbocycles. The molecule has 2 aromatic carbocycles. The highest BCUT2D eigenvalue weighted by Gasteiger charge is 2.41. The molecule has 2 heterocycles. The molecular weight excluding hydrogens is 290 g/mol. The highest BCUT2D eigenvalue weighted by Crippen LogP contribution is 2.45. The van der Waals surface area contributed by atoms with Gasteiger partial charge in [-0.25, -0.2) is 0 Å². The van der Waals surface area contributed by atoms with E-state index in [1.807, 2.05) is 12.1 Å². The second-order valence-electron chi connectivity index (χ2n) is 6.08. The zero-order valence-corrected chi connectivity index (χ0v) is 13.2. The Morgan fingerprint density at radius 2 is 1.96 bits per heavy atom. The summed E-state index contributed by atoms with van der Waals surface area (Å²) < 4.78 is 12.1. The summed E-state index contributed by atoms with van der Waals surface area (Å²) in [4.78, 5) is 0. The first-order valence-corrected chi connectivity index (χ1v) is 8.18. The number of benzene rings is 2. The molecule has 23 heavy (non-hydrogen) atoms. The van der Waals surface area contributed by atoms with Gasteiger partial charge in [-0.1, -0.05) is 37.3 Å². The van der Waals surface area contributed by atoms with Gasteiger partial charge >= 0.3 is 0 Å². The summed E-state index contributed by atoms with van der Waals surface area (Å²) in [5.41, 5.74) is 4.61. The van der Waals surface area contributed by atoms with E-state index in [2.05, 4.69) is 30.4 Å². The number of fused-ring (bicyclic) bond motifs is 3. The largest absolute Gasteiger partial charge is 0.508 e. The van der Waals surface area contributed by atoms with Gasteiger partial charge in [-0.05, 0) is 29.7 Å². The van der Waals surface area contributed by atoms with Crippen molar-refractivity contribution in [3.05, 3.63) is 59.2 Å². The maximum Gasteiger partial charge on any atom is 0.115 e. The predicted molar refractivity (Wildman–Crippen MR) is 88.7 cm³/mol. The van der Waals surface area contributed by atoms with E-state index in [1.54, 1.807) is 12.1 Å². The lowest BCUT2D eigenvalue weighted by Crippen LogP contribution is -2.43. The number of aryl methyl sites for hydroxylation is 1. The van der Waals surface area contributed by atoms with Crippen LogP contribution < -0.4 is 5.32 Å². The smallest absolute Gasteiger partial charge is 0.115 e. The Balaban J connectivity index is 1.81. The monoisotopic (exact) mass is 311 g/mol. The summed E-state index contributed by atoms with van der Waals surface area (Å²) in [7, 11) is 0. The Labute approximate surface area is 136 Å². The summed E-state index contributed by atoms with van der Waals surface area (Å²) in [6.07, 6.45) is 0.797. The van der Waals surface area contributed by atoms with Gasteiger partial charge in [-0.2, -0.15) is 0 Å². The maximum absolute atomic E-state index is 9.84. The minimum absolute atomic E-state index is 0.0346. The molecule has 0 radical (unpaired) electrons. The number of para-hydroxylation sites is 1. The van der Waals surface area contributed by atoms with Gasteiger partial charge in [0.05, 0.1) is 19.3 Å². The van der Waals surface area contributed by atoms with Crippen molar-refractivity contribution in [3.63, 3.8) is 0 Å². The molecule has 120 valence electrons. The summed E-state index contributed by atoms with van der Waals surface area (Å²) in [6.45, 7) is 3.37. The van der Waals surface area contributed by atoms with Gasteiger partial charge in [0.15, 0.2) is 0 Å². The first kappa shape index (κ1) is 14.5. The van der Waals surface area contributed by atoms with E-state index >= 15 is 0 Å². The molecule has 1 fully saturated rings. The van der Waals surface area contributed by atoms with Crippen molar-refractivity contribution in [3.8, 4) is 5.75 Å². The molecule has 3 atom stereocenters. The van der Waals surface area contributed by atoms with Crippen LogP contribution in [0.15, 0.2) is 42.5 Å². The van der Waals surface area contributed by atoms with Crippen LogP contribution in [0.4, 0.5) is 5.69 Å². The second kappa shape index (κ2) is 5.87. The second-order valence-corrected chi connectivity index (χ2v) is 6.08. The van der Waals surface area contributed by atoms with E-state index in [1.165, 1.54) is 11.1 Å². The van der Waals surface area contributed by atoms with Crippen molar-refractivity contribution < 1.29 is 14.6 Å². The molecule has 0 bridgehead atoms. The molecule has 0 amide bonds. The molecule has 2 aliphatic heterocycles. The van der Waals surface area contributed by atoms with Crippen molar-refractivity contribution >= 4 is 5.69 Å². The Bertz CT molecular complexity index is 716. The van der Waals surface area contributed by atoms with Crippen LogP contribution in [-0.4, -0.2) is 24.4 Å². The van der Waals surface area contributed by atoms with Crippen LogP contribution in [0.2, 0.25) is 0 Å². The van der Waals surface area contributed by atoms with Gasteiger partial charge in [0.25, 0.3) is 0 Å². The average molecular weight is 311 g/mol. The van der Waals surface area contributed by atoms with Gasteiger partial charge in [-0.3, -0.25) is 0 Å². The Kier molecular flexibility index (Phi) is 3.71. The summed E-state index contributed by atoms with van der Waals surface area (Å²) in [5, 5.41) is 13.5. The quantitative estimate of drug-likeness (QED) is 0.890. The van der Waals surface area contributed by atoms with Crippen LogP contribution in [0.1, 0.15) is 35.8 Å². The summed E-state index contributed by atoms with van der Waals surface area (Å²) in [5.74, 6) is 0.271. The lowest BCUT2D eigenvalue weighted by atomic mass is 9.86. The van der Waals surface area contributed by atoms with Crippen LogP contribution in [0.3, 0.4) is 0 Å². The zero-order chi connectivity index (χ0) is 15.8. The lowest BCUT2D eigenvalue weighted by Gasteiger charge is -2.43. The average Bonchev–Trinajstić information content (AvgIpc) is 2.60. The highest BCUT2D eigenvalue weighted by atomic mass is 16.6. The van der Waals surface area contributed by atoms with Crippen molar-refractivity contribution in [2.45, 2.75) is 31.6 Å². The van der Waals surface area contributed by atoms with Crippen LogP contribution in [-0.2, 0) is 15.9 Å². The van der Waals surface area contributed by atoms with E-state index < -0.39 is 0 Å². The molecule has 0 spiro atoms. The maximum atomic E-state index is 9.84. The number of rotatable bonds is 2. The minimum atomic E-state index is -0.0924. The third-order valence-corrected chi connectivity index (χ3v) is 4.72. The van der Waals surface area contributed by atoms with Gasteiger partial charge in [0.1, 0.15) is 18.0 Å². The van der Waals surface area contributed by atoms with E-state index in [0.717, 1.165) is 17.7 Å². The number of ether oxygens (including phenoxy) is 2. The standard InChI is InChI=1S/C19H21NO3/c1-2-12-5-4-8-15-16(12)20-17(13-6-3-7-14(21)11-13)19-18(15)22-9-10-23-19/h3-8,11,17-21H,2,9-10H2,1H3/t17-,18-,19+/m1/s1.